The molecule has 0 saturated carbocycles. The Morgan fingerprint density at radius 1 is 0.966 bits per heavy atom. The number of aromatic nitrogens is 3. The van der Waals surface area contributed by atoms with E-state index in [0.29, 0.717) is 33.9 Å². The Labute approximate surface area is 166 Å². The van der Waals surface area contributed by atoms with Crippen molar-refractivity contribution in [1.82, 2.24) is 15.0 Å². The van der Waals surface area contributed by atoms with Crippen LogP contribution in [0.2, 0.25) is 0 Å². The first-order valence-corrected chi connectivity index (χ1v) is 8.91. The van der Waals surface area contributed by atoms with Gasteiger partial charge in [0.15, 0.2) is 5.82 Å². The summed E-state index contributed by atoms with van der Waals surface area (Å²) in [6.07, 6.45) is 3.36. The summed E-state index contributed by atoms with van der Waals surface area (Å²) in [6, 6.07) is 10.4. The lowest BCUT2D eigenvalue weighted by Gasteiger charge is -2.18. The Balaban J connectivity index is 2.03. The van der Waals surface area contributed by atoms with E-state index in [0.717, 1.165) is 23.8 Å². The molecule has 146 valence electrons. The molecule has 2 aromatic carbocycles. The predicted octanol–water partition coefficient (Wildman–Crippen LogP) is 4.71. The van der Waals surface area contributed by atoms with Gasteiger partial charge in [-0.3, -0.25) is 4.98 Å². The summed E-state index contributed by atoms with van der Waals surface area (Å²) < 4.78 is 33.7. The normalized spacial score (nSPS) is 10.9. The third-order valence-electron chi connectivity index (χ3n) is 4.55. The first-order chi connectivity index (χ1) is 14.0. The molecule has 0 unspecified atom stereocenters. The minimum atomic E-state index is -0.521. The van der Waals surface area contributed by atoms with Crippen LogP contribution in [0.15, 0.2) is 54.9 Å². The molecule has 0 aliphatic heterocycles. The standard InChI is InChI=1S/C22H18F2N4O/c1-28(2)22-17-9-14(16-11-15(23)6-7-18(16)24)10-19(29-3)20(17)26-21(27-22)13-5-4-8-25-12-13/h4-12H,1-3H3. The number of nitrogens with zero attached hydrogens (tertiary/aromatic N) is 4. The quantitative estimate of drug-likeness (QED) is 0.503. The predicted molar refractivity (Wildman–Crippen MR) is 109 cm³/mol. The molecule has 0 amide bonds. The first kappa shape index (κ1) is 18.7. The number of ether oxygens (including phenoxy) is 1. The molecule has 29 heavy (non-hydrogen) atoms. The molecule has 2 aromatic heterocycles. The van der Waals surface area contributed by atoms with Crippen LogP contribution in [0.5, 0.6) is 5.75 Å². The van der Waals surface area contributed by atoms with Gasteiger partial charge in [0.05, 0.1) is 7.11 Å². The van der Waals surface area contributed by atoms with Gasteiger partial charge in [-0.1, -0.05) is 0 Å². The van der Waals surface area contributed by atoms with E-state index in [9.17, 15) is 8.78 Å². The fourth-order valence-corrected chi connectivity index (χ4v) is 3.18. The van der Waals surface area contributed by atoms with Crippen LogP contribution in [0.25, 0.3) is 33.4 Å². The van der Waals surface area contributed by atoms with Gasteiger partial charge in [-0.15, -0.1) is 0 Å². The van der Waals surface area contributed by atoms with Gasteiger partial charge in [0.25, 0.3) is 0 Å². The molecular weight excluding hydrogens is 374 g/mol. The molecule has 0 saturated heterocycles. The Morgan fingerprint density at radius 2 is 1.79 bits per heavy atom. The Morgan fingerprint density at radius 3 is 2.48 bits per heavy atom. The maximum atomic E-state index is 14.4. The van der Waals surface area contributed by atoms with E-state index >= 15 is 0 Å². The molecule has 4 rings (SSSR count). The van der Waals surface area contributed by atoms with Gasteiger partial charge in [0, 0.05) is 43.0 Å². The zero-order valence-corrected chi connectivity index (χ0v) is 16.1. The molecule has 0 radical (unpaired) electrons. The second kappa shape index (κ2) is 7.43. The molecular formula is C22H18F2N4O. The summed E-state index contributed by atoms with van der Waals surface area (Å²) in [7, 11) is 5.23. The number of halogens is 2. The zero-order valence-electron chi connectivity index (χ0n) is 16.1. The number of methoxy groups -OCH3 is 1. The van der Waals surface area contributed by atoms with Crippen LogP contribution >= 0.6 is 0 Å². The van der Waals surface area contributed by atoms with E-state index in [2.05, 4.69) is 15.0 Å². The SMILES string of the molecule is COc1cc(-c2cc(F)ccc2F)cc2c(N(C)C)nc(-c3cccnc3)nc12. The van der Waals surface area contributed by atoms with E-state index in [-0.39, 0.29) is 5.56 Å². The number of benzene rings is 2. The van der Waals surface area contributed by atoms with Gasteiger partial charge in [-0.25, -0.2) is 18.7 Å². The molecule has 4 aromatic rings. The molecule has 0 fully saturated rings. The second-order valence-electron chi connectivity index (χ2n) is 6.71. The highest BCUT2D eigenvalue weighted by Crippen LogP contribution is 2.37. The fourth-order valence-electron chi connectivity index (χ4n) is 3.18. The van der Waals surface area contributed by atoms with Gasteiger partial charge < -0.3 is 9.64 Å². The summed E-state index contributed by atoms with van der Waals surface area (Å²) in [5.74, 6) is 0.531. The highest BCUT2D eigenvalue weighted by Gasteiger charge is 2.18. The minimum absolute atomic E-state index is 0.145. The van der Waals surface area contributed by atoms with Crippen LogP contribution in [0.4, 0.5) is 14.6 Å². The zero-order chi connectivity index (χ0) is 20.5. The number of rotatable bonds is 4. The summed E-state index contributed by atoms with van der Waals surface area (Å²) in [4.78, 5) is 15.3. The molecule has 0 bridgehead atoms. The van der Waals surface area contributed by atoms with E-state index in [1.807, 2.05) is 31.1 Å². The number of fused-ring (bicyclic) bond motifs is 1. The van der Waals surface area contributed by atoms with Gasteiger partial charge in [0.1, 0.15) is 28.7 Å². The van der Waals surface area contributed by atoms with Crippen LogP contribution in [0.3, 0.4) is 0 Å². The van der Waals surface area contributed by atoms with Crippen molar-refractivity contribution in [3.05, 3.63) is 66.5 Å². The van der Waals surface area contributed by atoms with Crippen molar-refractivity contribution in [1.29, 1.82) is 0 Å². The summed E-state index contributed by atoms with van der Waals surface area (Å²) in [5.41, 5.74) is 1.96. The average Bonchev–Trinajstić information content (AvgIpc) is 2.74. The molecule has 2 heterocycles. The number of hydrogen-bond acceptors (Lipinski definition) is 5. The second-order valence-corrected chi connectivity index (χ2v) is 6.71. The van der Waals surface area contributed by atoms with Crippen molar-refractivity contribution in [2.75, 3.05) is 26.1 Å². The summed E-state index contributed by atoms with van der Waals surface area (Å²) in [6.45, 7) is 0. The molecule has 0 atom stereocenters. The van der Waals surface area contributed by atoms with Crippen LogP contribution in [0, 0.1) is 11.6 Å². The minimum Gasteiger partial charge on any atom is -0.494 e. The van der Waals surface area contributed by atoms with Crippen molar-refractivity contribution in [2.45, 2.75) is 0 Å². The summed E-state index contributed by atoms with van der Waals surface area (Å²) >= 11 is 0. The number of anilines is 1. The largest absolute Gasteiger partial charge is 0.494 e. The maximum Gasteiger partial charge on any atom is 0.163 e. The fraction of sp³-hybridized carbons (Fsp3) is 0.136. The van der Waals surface area contributed by atoms with Gasteiger partial charge in [-0.2, -0.15) is 0 Å². The van der Waals surface area contributed by atoms with Crippen molar-refractivity contribution in [3.8, 4) is 28.3 Å². The van der Waals surface area contributed by atoms with E-state index in [1.165, 1.54) is 7.11 Å². The molecule has 7 heteroatoms. The van der Waals surface area contributed by atoms with Crippen LogP contribution < -0.4 is 9.64 Å². The molecule has 0 aliphatic carbocycles. The van der Waals surface area contributed by atoms with Gasteiger partial charge in [0.2, 0.25) is 0 Å². The maximum absolute atomic E-state index is 14.4. The average molecular weight is 392 g/mol. The monoisotopic (exact) mass is 392 g/mol. The van der Waals surface area contributed by atoms with E-state index in [4.69, 9.17) is 4.74 Å². The molecule has 5 nitrogen and oxygen atoms in total. The highest BCUT2D eigenvalue weighted by atomic mass is 19.1. The van der Waals surface area contributed by atoms with E-state index < -0.39 is 11.6 Å². The van der Waals surface area contributed by atoms with Crippen LogP contribution in [-0.4, -0.2) is 36.2 Å². The lowest BCUT2D eigenvalue weighted by atomic mass is 10.0. The number of hydrogen-bond donors (Lipinski definition) is 0. The molecule has 0 spiro atoms. The molecule has 0 aliphatic rings. The van der Waals surface area contributed by atoms with Crippen molar-refractivity contribution < 1.29 is 13.5 Å². The highest BCUT2D eigenvalue weighted by molar-refractivity contribution is 5.98. The first-order valence-electron chi connectivity index (χ1n) is 8.91. The lowest BCUT2D eigenvalue weighted by molar-refractivity contribution is 0.419. The third-order valence-corrected chi connectivity index (χ3v) is 4.55. The van der Waals surface area contributed by atoms with Crippen molar-refractivity contribution >= 4 is 16.7 Å². The smallest absolute Gasteiger partial charge is 0.163 e. The Hall–Kier alpha value is -3.61. The van der Waals surface area contributed by atoms with Gasteiger partial charge >= 0.3 is 0 Å². The molecule has 0 N–H and O–H groups in total. The number of pyridine rings is 1. The summed E-state index contributed by atoms with van der Waals surface area (Å²) in [5, 5.41) is 0.667. The van der Waals surface area contributed by atoms with E-state index in [1.54, 1.807) is 24.5 Å². The Kier molecular flexibility index (Phi) is 4.80. The Bertz CT molecular complexity index is 1200. The topological polar surface area (TPSA) is 51.1 Å². The van der Waals surface area contributed by atoms with Crippen molar-refractivity contribution in [3.63, 3.8) is 0 Å². The van der Waals surface area contributed by atoms with Crippen LogP contribution in [-0.2, 0) is 0 Å². The van der Waals surface area contributed by atoms with Crippen molar-refractivity contribution in [2.24, 2.45) is 0 Å². The lowest BCUT2D eigenvalue weighted by Crippen LogP contribution is -2.12. The third kappa shape index (κ3) is 3.47. The van der Waals surface area contributed by atoms with Crippen LogP contribution in [0.1, 0.15) is 0 Å². The van der Waals surface area contributed by atoms with Gasteiger partial charge in [-0.05, 0) is 48.0 Å².